The summed E-state index contributed by atoms with van der Waals surface area (Å²) >= 11 is 0. The Balaban J connectivity index is 3.26. The zero-order chi connectivity index (χ0) is 13.0. The molecule has 0 saturated heterocycles. The van der Waals surface area contributed by atoms with Crippen molar-refractivity contribution < 1.29 is 0 Å². The van der Waals surface area contributed by atoms with Crippen LogP contribution in [0, 0.1) is 6.92 Å². The average Bonchev–Trinajstić information content (AvgIpc) is 2.30. The fourth-order valence-electron chi connectivity index (χ4n) is 2.44. The van der Waals surface area contributed by atoms with Gasteiger partial charge in [-0.2, -0.15) is 0 Å². The molecular formula is C16H35Si. The second kappa shape index (κ2) is 11.3. The maximum Gasteiger partial charge on any atom is 0.0473 e. The van der Waals surface area contributed by atoms with Crippen LogP contribution in [0.3, 0.4) is 0 Å². The van der Waals surface area contributed by atoms with E-state index in [1.165, 1.54) is 57.8 Å². The van der Waals surface area contributed by atoms with Crippen molar-refractivity contribution in [3.63, 3.8) is 0 Å². The van der Waals surface area contributed by atoms with E-state index in [1.807, 2.05) is 0 Å². The molecule has 0 aliphatic rings. The molecule has 0 fully saturated rings. The van der Waals surface area contributed by atoms with Crippen LogP contribution in [0.1, 0.15) is 71.1 Å². The summed E-state index contributed by atoms with van der Waals surface area (Å²) in [6.07, 6.45) is 14.0. The van der Waals surface area contributed by atoms with Crippen molar-refractivity contribution in [2.45, 2.75) is 96.3 Å². The summed E-state index contributed by atoms with van der Waals surface area (Å²) < 4.78 is 0. The van der Waals surface area contributed by atoms with Gasteiger partial charge in [0.1, 0.15) is 0 Å². The van der Waals surface area contributed by atoms with Crippen LogP contribution in [0.15, 0.2) is 0 Å². The van der Waals surface area contributed by atoms with E-state index in [0.29, 0.717) is 0 Å². The van der Waals surface area contributed by atoms with Crippen LogP contribution >= 0.6 is 0 Å². The average molecular weight is 256 g/mol. The van der Waals surface area contributed by atoms with E-state index in [2.05, 4.69) is 26.9 Å². The molecule has 1 heteroatoms. The number of hydrogen-bond acceptors (Lipinski definition) is 0. The lowest BCUT2D eigenvalue weighted by Gasteiger charge is -2.21. The zero-order valence-electron chi connectivity index (χ0n) is 12.7. The summed E-state index contributed by atoms with van der Waals surface area (Å²) in [5.74, 6) is 0. The van der Waals surface area contributed by atoms with Crippen molar-refractivity contribution in [2.75, 3.05) is 0 Å². The normalized spacial score (nSPS) is 12.0. The summed E-state index contributed by atoms with van der Waals surface area (Å²) in [6, 6.07) is 3.11. The van der Waals surface area contributed by atoms with E-state index < -0.39 is 8.07 Å². The SMILES string of the molecule is [CH2]CCCCCCCCC[Si](C)(C)CCCC. The second-order valence-electron chi connectivity index (χ2n) is 6.35. The fourth-order valence-corrected chi connectivity index (χ4v) is 5.21. The minimum atomic E-state index is -0.814. The molecule has 0 unspecified atom stereocenters. The Morgan fingerprint density at radius 3 is 1.71 bits per heavy atom. The van der Waals surface area contributed by atoms with Gasteiger partial charge >= 0.3 is 0 Å². The Morgan fingerprint density at radius 2 is 1.18 bits per heavy atom. The number of rotatable bonds is 12. The molecule has 1 radical (unpaired) electrons. The first kappa shape index (κ1) is 17.2. The van der Waals surface area contributed by atoms with Crippen LogP contribution in [0.5, 0.6) is 0 Å². The second-order valence-corrected chi connectivity index (χ2v) is 11.7. The topological polar surface area (TPSA) is 0 Å². The molecule has 0 amide bonds. The van der Waals surface area contributed by atoms with Crippen molar-refractivity contribution >= 4 is 8.07 Å². The van der Waals surface area contributed by atoms with Gasteiger partial charge in [0.25, 0.3) is 0 Å². The van der Waals surface area contributed by atoms with Crippen molar-refractivity contribution in [3.05, 3.63) is 6.92 Å². The van der Waals surface area contributed by atoms with Crippen LogP contribution in [0.2, 0.25) is 25.2 Å². The maximum atomic E-state index is 3.89. The van der Waals surface area contributed by atoms with Crippen LogP contribution in [0.4, 0.5) is 0 Å². The highest BCUT2D eigenvalue weighted by atomic mass is 28.3. The molecule has 0 N–H and O–H groups in total. The monoisotopic (exact) mass is 255 g/mol. The van der Waals surface area contributed by atoms with E-state index in [-0.39, 0.29) is 0 Å². The molecule has 0 aromatic heterocycles. The van der Waals surface area contributed by atoms with Gasteiger partial charge in [-0.15, -0.1) is 0 Å². The summed E-state index contributed by atoms with van der Waals surface area (Å²) in [4.78, 5) is 0. The highest BCUT2D eigenvalue weighted by Crippen LogP contribution is 2.22. The molecule has 0 nitrogen and oxygen atoms in total. The predicted molar refractivity (Wildman–Crippen MR) is 84.3 cm³/mol. The van der Waals surface area contributed by atoms with E-state index in [4.69, 9.17) is 0 Å². The molecule has 0 aromatic rings. The molecular weight excluding hydrogens is 220 g/mol. The summed E-state index contributed by atoms with van der Waals surface area (Å²) in [5, 5.41) is 0. The third kappa shape index (κ3) is 12.5. The third-order valence-electron chi connectivity index (χ3n) is 3.81. The van der Waals surface area contributed by atoms with Gasteiger partial charge in [0.2, 0.25) is 0 Å². The Morgan fingerprint density at radius 1 is 0.706 bits per heavy atom. The summed E-state index contributed by atoms with van der Waals surface area (Å²) in [5.41, 5.74) is 0. The van der Waals surface area contributed by atoms with Gasteiger partial charge in [-0.3, -0.25) is 0 Å². The summed E-state index contributed by atoms with van der Waals surface area (Å²) in [7, 11) is -0.814. The van der Waals surface area contributed by atoms with Gasteiger partial charge in [0.15, 0.2) is 0 Å². The molecule has 0 rings (SSSR count). The van der Waals surface area contributed by atoms with Gasteiger partial charge < -0.3 is 0 Å². The maximum absolute atomic E-state index is 3.89. The predicted octanol–water partition coefficient (Wildman–Crippen LogP) is 6.45. The minimum Gasteiger partial charge on any atom is -0.0693 e. The molecule has 0 aromatic carbocycles. The number of unbranched alkanes of at least 4 members (excludes halogenated alkanes) is 8. The van der Waals surface area contributed by atoms with Crippen molar-refractivity contribution in [1.29, 1.82) is 0 Å². The smallest absolute Gasteiger partial charge is 0.0473 e. The van der Waals surface area contributed by atoms with Crippen LogP contribution in [-0.4, -0.2) is 8.07 Å². The lowest BCUT2D eigenvalue weighted by molar-refractivity contribution is 0.590. The largest absolute Gasteiger partial charge is 0.0693 e. The first-order chi connectivity index (χ1) is 8.12. The van der Waals surface area contributed by atoms with Crippen LogP contribution in [0.25, 0.3) is 0 Å². The molecule has 0 spiro atoms. The molecule has 0 atom stereocenters. The van der Waals surface area contributed by atoms with E-state index in [9.17, 15) is 0 Å². The molecule has 0 heterocycles. The van der Waals surface area contributed by atoms with Gasteiger partial charge in [-0.1, -0.05) is 103 Å². The molecule has 0 bridgehead atoms. The van der Waals surface area contributed by atoms with Crippen molar-refractivity contribution in [1.82, 2.24) is 0 Å². The number of hydrogen-bond donors (Lipinski definition) is 0. The molecule has 0 saturated carbocycles. The first-order valence-corrected chi connectivity index (χ1v) is 11.3. The zero-order valence-corrected chi connectivity index (χ0v) is 13.7. The standard InChI is InChI=1S/C16H35Si/c1-5-7-9-10-11-12-13-14-16-17(3,4)15-8-6-2/h1,5-16H2,2-4H3. The van der Waals surface area contributed by atoms with E-state index >= 15 is 0 Å². The Kier molecular flexibility index (Phi) is 11.5. The quantitative estimate of drug-likeness (QED) is 0.278. The van der Waals surface area contributed by atoms with Gasteiger partial charge in [0.05, 0.1) is 0 Å². The first-order valence-electron chi connectivity index (χ1n) is 7.91. The van der Waals surface area contributed by atoms with Gasteiger partial charge in [-0.25, -0.2) is 0 Å². The third-order valence-corrected chi connectivity index (χ3v) is 7.22. The van der Waals surface area contributed by atoms with Crippen LogP contribution in [-0.2, 0) is 0 Å². The Labute approximate surface area is 112 Å². The highest BCUT2D eigenvalue weighted by molar-refractivity contribution is 6.77. The minimum absolute atomic E-state index is 0.814. The fraction of sp³-hybridized carbons (Fsp3) is 0.938. The van der Waals surface area contributed by atoms with E-state index in [1.54, 1.807) is 12.1 Å². The highest BCUT2D eigenvalue weighted by Gasteiger charge is 2.18. The molecule has 0 aliphatic carbocycles. The lowest BCUT2D eigenvalue weighted by atomic mass is 10.1. The van der Waals surface area contributed by atoms with Gasteiger partial charge in [-0.05, 0) is 0 Å². The molecule has 103 valence electrons. The molecule has 17 heavy (non-hydrogen) atoms. The van der Waals surface area contributed by atoms with E-state index in [0.717, 1.165) is 6.42 Å². The molecule has 0 aliphatic heterocycles. The Hall–Kier alpha value is 0.217. The van der Waals surface area contributed by atoms with Crippen LogP contribution < -0.4 is 0 Å². The lowest BCUT2D eigenvalue weighted by Crippen LogP contribution is -2.24. The van der Waals surface area contributed by atoms with Crippen molar-refractivity contribution in [3.8, 4) is 0 Å². The van der Waals surface area contributed by atoms with Crippen molar-refractivity contribution in [2.24, 2.45) is 0 Å². The Bertz CT molecular complexity index is 152. The summed E-state index contributed by atoms with van der Waals surface area (Å²) in [6.45, 7) is 11.4. The van der Waals surface area contributed by atoms with Gasteiger partial charge in [0, 0.05) is 8.07 Å².